The summed E-state index contributed by atoms with van der Waals surface area (Å²) >= 11 is 3.51. The molecule has 3 heterocycles. The molecule has 2 aliphatic heterocycles. The molecule has 40 heavy (non-hydrogen) atoms. The number of hydrogen-bond donors (Lipinski definition) is 2. The summed E-state index contributed by atoms with van der Waals surface area (Å²) in [6.45, 7) is 4.55. The number of hydrogen-bond acceptors (Lipinski definition) is 11. The molecule has 0 unspecified atom stereocenters. The van der Waals surface area contributed by atoms with E-state index in [0.29, 0.717) is 58.1 Å². The van der Waals surface area contributed by atoms with Gasteiger partial charge in [0.25, 0.3) is 0 Å². The Kier molecular flexibility index (Phi) is 8.10. The average Bonchev–Trinajstić information content (AvgIpc) is 2.94. The van der Waals surface area contributed by atoms with Gasteiger partial charge in [0.05, 0.1) is 29.2 Å². The lowest BCUT2D eigenvalue weighted by atomic mass is 10.2. The molecule has 0 radical (unpaired) electrons. The summed E-state index contributed by atoms with van der Waals surface area (Å²) in [6, 6.07) is 9.47. The SMILES string of the molecule is COc1ccc(N2CCN(C)CC2)cc1Nc1ncc(Br)c(Nc2ccc3c(c2N(C)S(C)(=O)=O)OCCO3)n1. The topological polar surface area (TPSA) is 121 Å². The van der Waals surface area contributed by atoms with Crippen molar-refractivity contribution < 1.29 is 22.6 Å². The summed E-state index contributed by atoms with van der Waals surface area (Å²) in [5, 5.41) is 6.52. The van der Waals surface area contributed by atoms with Crippen LogP contribution in [0.1, 0.15) is 0 Å². The van der Waals surface area contributed by atoms with Gasteiger partial charge in [-0.25, -0.2) is 13.4 Å². The maximum Gasteiger partial charge on any atom is 0.232 e. The van der Waals surface area contributed by atoms with Gasteiger partial charge in [-0.15, -0.1) is 0 Å². The van der Waals surface area contributed by atoms with Crippen LogP contribution in [0.25, 0.3) is 0 Å². The number of rotatable bonds is 8. The van der Waals surface area contributed by atoms with E-state index in [2.05, 4.69) is 53.4 Å². The predicted molar refractivity (Wildman–Crippen MR) is 160 cm³/mol. The molecule has 12 nitrogen and oxygen atoms in total. The number of halogens is 1. The quantitative estimate of drug-likeness (QED) is 0.378. The molecular weight excluding hydrogens is 602 g/mol. The fourth-order valence-electron chi connectivity index (χ4n) is 4.50. The number of benzene rings is 2. The summed E-state index contributed by atoms with van der Waals surface area (Å²) < 4.78 is 43.9. The van der Waals surface area contributed by atoms with E-state index in [4.69, 9.17) is 14.2 Å². The van der Waals surface area contributed by atoms with Crippen LogP contribution < -0.4 is 34.0 Å². The molecule has 1 aromatic heterocycles. The highest BCUT2D eigenvalue weighted by Crippen LogP contribution is 2.46. The minimum atomic E-state index is -3.61. The zero-order valence-corrected chi connectivity index (χ0v) is 25.2. The number of fused-ring (bicyclic) bond motifs is 1. The van der Waals surface area contributed by atoms with Crippen LogP contribution in [0.4, 0.5) is 34.5 Å². The first-order chi connectivity index (χ1) is 19.1. The smallest absolute Gasteiger partial charge is 0.232 e. The van der Waals surface area contributed by atoms with Crippen LogP contribution in [0.3, 0.4) is 0 Å². The molecule has 0 atom stereocenters. The Labute approximate surface area is 242 Å². The first-order valence-corrected chi connectivity index (χ1v) is 15.3. The van der Waals surface area contributed by atoms with Gasteiger partial charge in [-0.3, -0.25) is 4.31 Å². The summed E-state index contributed by atoms with van der Waals surface area (Å²) in [7, 11) is 1.61. The first kappa shape index (κ1) is 28.1. The van der Waals surface area contributed by atoms with E-state index in [9.17, 15) is 8.42 Å². The van der Waals surface area contributed by atoms with Crippen LogP contribution in [0.5, 0.6) is 17.2 Å². The van der Waals surface area contributed by atoms with Crippen molar-refractivity contribution in [3.63, 3.8) is 0 Å². The monoisotopic (exact) mass is 633 g/mol. The van der Waals surface area contributed by atoms with Crippen LogP contribution in [0.15, 0.2) is 41.0 Å². The molecule has 5 rings (SSSR count). The van der Waals surface area contributed by atoms with Gasteiger partial charge >= 0.3 is 0 Å². The minimum Gasteiger partial charge on any atom is -0.495 e. The van der Waals surface area contributed by atoms with Gasteiger partial charge in [-0.2, -0.15) is 4.98 Å². The molecule has 0 amide bonds. The molecule has 3 aromatic rings. The number of aromatic nitrogens is 2. The molecule has 2 aliphatic rings. The molecule has 0 spiro atoms. The second-order valence-electron chi connectivity index (χ2n) is 9.53. The molecule has 2 N–H and O–H groups in total. The Morgan fingerprint density at radius 3 is 2.52 bits per heavy atom. The second-order valence-corrected chi connectivity index (χ2v) is 12.4. The number of anilines is 6. The third-order valence-electron chi connectivity index (χ3n) is 6.79. The molecule has 1 fully saturated rings. The van der Waals surface area contributed by atoms with Crippen molar-refractivity contribution >= 4 is 60.5 Å². The zero-order valence-electron chi connectivity index (χ0n) is 22.8. The van der Waals surface area contributed by atoms with E-state index >= 15 is 0 Å². The van der Waals surface area contributed by atoms with Crippen molar-refractivity contribution in [2.75, 3.05) is 86.7 Å². The normalized spacial score (nSPS) is 15.5. The zero-order chi connectivity index (χ0) is 28.4. The minimum absolute atomic E-state index is 0.307. The summed E-state index contributed by atoms with van der Waals surface area (Å²) in [6.07, 6.45) is 2.75. The van der Waals surface area contributed by atoms with Gasteiger partial charge in [-0.1, -0.05) is 0 Å². The number of nitrogens with one attached hydrogen (secondary N) is 2. The van der Waals surface area contributed by atoms with Crippen molar-refractivity contribution in [1.29, 1.82) is 0 Å². The highest BCUT2D eigenvalue weighted by molar-refractivity contribution is 9.10. The van der Waals surface area contributed by atoms with Gasteiger partial charge in [0.2, 0.25) is 16.0 Å². The Bertz CT molecular complexity index is 1500. The third-order valence-corrected chi connectivity index (χ3v) is 8.55. The van der Waals surface area contributed by atoms with E-state index in [-0.39, 0.29) is 0 Å². The molecule has 214 valence electrons. The Hall–Kier alpha value is -3.49. The lowest BCUT2D eigenvalue weighted by molar-refractivity contribution is 0.172. The molecule has 0 bridgehead atoms. The Morgan fingerprint density at radius 1 is 1.05 bits per heavy atom. The third kappa shape index (κ3) is 5.98. The van der Waals surface area contributed by atoms with Gasteiger partial charge in [0.15, 0.2) is 11.5 Å². The van der Waals surface area contributed by atoms with E-state index in [0.717, 1.165) is 48.1 Å². The van der Waals surface area contributed by atoms with Crippen molar-refractivity contribution in [3.05, 3.63) is 41.0 Å². The van der Waals surface area contributed by atoms with Crippen LogP contribution in [-0.2, 0) is 10.0 Å². The van der Waals surface area contributed by atoms with Gasteiger partial charge in [0.1, 0.15) is 30.5 Å². The Morgan fingerprint density at radius 2 is 1.80 bits per heavy atom. The van der Waals surface area contributed by atoms with E-state index in [1.54, 1.807) is 25.4 Å². The second kappa shape index (κ2) is 11.6. The Balaban J connectivity index is 1.46. The highest BCUT2D eigenvalue weighted by Gasteiger charge is 2.27. The molecule has 2 aromatic carbocycles. The van der Waals surface area contributed by atoms with Crippen molar-refractivity contribution in [2.45, 2.75) is 0 Å². The van der Waals surface area contributed by atoms with Gasteiger partial charge in [0, 0.05) is 45.1 Å². The maximum atomic E-state index is 12.5. The van der Waals surface area contributed by atoms with Gasteiger partial charge < -0.3 is 34.6 Å². The van der Waals surface area contributed by atoms with E-state index < -0.39 is 10.0 Å². The number of ether oxygens (including phenoxy) is 3. The van der Waals surface area contributed by atoms with Crippen LogP contribution >= 0.6 is 15.9 Å². The standard InChI is InChI=1S/C26H32BrN7O5S/c1-32-9-11-34(12-10-32)17-5-7-21(37-3)20(15-17)30-26-28-16-18(27)25(31-26)29-19-6-8-22-24(39-14-13-38-22)23(19)33(2)40(4,35)36/h5-8,15-16H,9-14H2,1-4H3,(H2,28,29,30,31). The molecule has 1 saturated heterocycles. The largest absolute Gasteiger partial charge is 0.495 e. The number of likely N-dealkylation sites (N-methyl/N-ethyl adjacent to an activating group) is 1. The summed E-state index contributed by atoms with van der Waals surface area (Å²) in [4.78, 5) is 13.7. The van der Waals surface area contributed by atoms with E-state index in [1.807, 2.05) is 18.2 Å². The van der Waals surface area contributed by atoms with E-state index in [1.165, 1.54) is 7.05 Å². The highest BCUT2D eigenvalue weighted by atomic mass is 79.9. The van der Waals surface area contributed by atoms with Crippen molar-refractivity contribution in [1.82, 2.24) is 14.9 Å². The van der Waals surface area contributed by atoms with Gasteiger partial charge in [-0.05, 0) is 53.3 Å². The number of nitrogens with zero attached hydrogens (tertiary/aromatic N) is 5. The average molecular weight is 635 g/mol. The van der Waals surface area contributed by atoms with Crippen LogP contribution in [-0.4, -0.2) is 90.1 Å². The number of sulfonamides is 1. The van der Waals surface area contributed by atoms with Crippen LogP contribution in [0.2, 0.25) is 0 Å². The molecule has 0 saturated carbocycles. The summed E-state index contributed by atoms with van der Waals surface area (Å²) in [5.74, 6) is 2.22. The fraction of sp³-hybridized carbons (Fsp3) is 0.385. The molecule has 14 heteroatoms. The van der Waals surface area contributed by atoms with Crippen molar-refractivity contribution in [3.8, 4) is 17.2 Å². The predicted octanol–water partition coefficient (Wildman–Crippen LogP) is 3.65. The number of methoxy groups -OCH3 is 1. The number of piperazine rings is 1. The lowest BCUT2D eigenvalue weighted by Crippen LogP contribution is -2.44. The lowest BCUT2D eigenvalue weighted by Gasteiger charge is -2.34. The van der Waals surface area contributed by atoms with Crippen LogP contribution in [0, 0.1) is 0 Å². The van der Waals surface area contributed by atoms with Crippen molar-refractivity contribution in [2.24, 2.45) is 0 Å². The first-order valence-electron chi connectivity index (χ1n) is 12.7. The molecular formula is C26H32BrN7O5S. The maximum absolute atomic E-state index is 12.5. The summed E-state index contributed by atoms with van der Waals surface area (Å²) in [5.41, 5.74) is 2.60. The fourth-order valence-corrected chi connectivity index (χ4v) is 5.30. The molecule has 0 aliphatic carbocycles.